The van der Waals surface area contributed by atoms with Crippen molar-refractivity contribution in [2.24, 2.45) is 5.92 Å². The number of nitrogens with zero attached hydrogens (tertiary/aromatic N) is 1. The van der Waals surface area contributed by atoms with Crippen molar-refractivity contribution in [3.63, 3.8) is 0 Å². The van der Waals surface area contributed by atoms with Crippen LogP contribution in [0.2, 0.25) is 10.0 Å². The highest BCUT2D eigenvalue weighted by atomic mass is 35.5. The molecular weight excluding hydrogens is 289 g/mol. The molecule has 102 valence electrons. The molecule has 19 heavy (non-hydrogen) atoms. The van der Waals surface area contributed by atoms with Gasteiger partial charge in [0.15, 0.2) is 0 Å². The second-order valence-corrected chi connectivity index (χ2v) is 5.42. The Kier molecular flexibility index (Phi) is 4.32. The topological polar surface area (TPSA) is 57.6 Å². The minimum absolute atomic E-state index is 0.104. The van der Waals surface area contributed by atoms with Crippen LogP contribution in [0.5, 0.6) is 0 Å². The lowest BCUT2D eigenvalue weighted by Gasteiger charge is -2.16. The second-order valence-electron chi connectivity index (χ2n) is 4.58. The van der Waals surface area contributed by atoms with Crippen LogP contribution in [0.15, 0.2) is 18.2 Å². The Hall–Kier alpha value is -1.26. The number of aliphatic carboxylic acids is 1. The molecule has 1 unspecified atom stereocenters. The first-order chi connectivity index (χ1) is 8.97. The molecule has 1 aromatic rings. The van der Waals surface area contributed by atoms with Crippen LogP contribution in [-0.4, -0.2) is 35.0 Å². The molecule has 2 rings (SSSR count). The molecule has 6 heteroatoms. The maximum Gasteiger partial charge on any atom is 0.308 e. The number of carboxylic acids is 1. The van der Waals surface area contributed by atoms with Crippen molar-refractivity contribution in [1.82, 2.24) is 4.90 Å². The summed E-state index contributed by atoms with van der Waals surface area (Å²) in [7, 11) is 0. The smallest absolute Gasteiger partial charge is 0.308 e. The van der Waals surface area contributed by atoms with Crippen molar-refractivity contribution >= 4 is 35.1 Å². The van der Waals surface area contributed by atoms with Gasteiger partial charge in [0.25, 0.3) is 0 Å². The van der Waals surface area contributed by atoms with E-state index >= 15 is 0 Å². The van der Waals surface area contributed by atoms with E-state index in [-0.39, 0.29) is 18.9 Å². The second kappa shape index (κ2) is 5.80. The van der Waals surface area contributed by atoms with E-state index in [0.29, 0.717) is 28.6 Å². The number of carbonyl (C=O) groups excluding carboxylic acids is 1. The van der Waals surface area contributed by atoms with Crippen molar-refractivity contribution < 1.29 is 14.7 Å². The first kappa shape index (κ1) is 14.2. The van der Waals surface area contributed by atoms with E-state index in [1.165, 1.54) is 0 Å². The zero-order valence-corrected chi connectivity index (χ0v) is 11.6. The summed E-state index contributed by atoms with van der Waals surface area (Å²) >= 11 is 11.8. The summed E-state index contributed by atoms with van der Waals surface area (Å²) in [5.41, 5.74) is 0.704. The fourth-order valence-corrected chi connectivity index (χ4v) is 2.60. The lowest BCUT2D eigenvalue weighted by molar-refractivity contribution is -0.141. The summed E-state index contributed by atoms with van der Waals surface area (Å²) in [5, 5.41) is 9.88. The molecule has 1 atom stereocenters. The van der Waals surface area contributed by atoms with E-state index in [0.717, 1.165) is 0 Å². The molecule has 1 amide bonds. The summed E-state index contributed by atoms with van der Waals surface area (Å²) in [6.45, 7) is 0.764. The van der Waals surface area contributed by atoms with Gasteiger partial charge in [0, 0.05) is 23.1 Å². The van der Waals surface area contributed by atoms with Gasteiger partial charge in [-0.25, -0.2) is 0 Å². The van der Waals surface area contributed by atoms with Gasteiger partial charge < -0.3 is 10.0 Å². The van der Waals surface area contributed by atoms with Gasteiger partial charge in [-0.15, -0.1) is 0 Å². The van der Waals surface area contributed by atoms with Gasteiger partial charge in [-0.2, -0.15) is 0 Å². The Bertz CT molecular complexity index is 519. The average molecular weight is 302 g/mol. The van der Waals surface area contributed by atoms with Crippen molar-refractivity contribution in [2.45, 2.75) is 12.8 Å². The first-order valence-electron chi connectivity index (χ1n) is 5.92. The molecule has 1 aliphatic rings. The third-order valence-corrected chi connectivity index (χ3v) is 3.83. The van der Waals surface area contributed by atoms with Gasteiger partial charge in [-0.05, 0) is 24.1 Å². The molecule has 1 saturated heterocycles. The van der Waals surface area contributed by atoms with Crippen LogP contribution in [-0.2, 0) is 16.0 Å². The monoisotopic (exact) mass is 301 g/mol. The average Bonchev–Trinajstić information content (AvgIpc) is 2.82. The van der Waals surface area contributed by atoms with Crippen LogP contribution in [0.25, 0.3) is 0 Å². The molecule has 1 heterocycles. The van der Waals surface area contributed by atoms with Crippen LogP contribution in [0.4, 0.5) is 0 Å². The number of benzene rings is 1. The standard InChI is InChI=1S/C13H13Cl2NO3/c14-10-2-1-8(11(15)6-10)5-12(17)16-4-3-9(7-16)13(18)19/h1-2,6,9H,3-5,7H2,(H,18,19). The molecular formula is C13H13Cl2NO3. The highest BCUT2D eigenvalue weighted by Gasteiger charge is 2.30. The van der Waals surface area contributed by atoms with E-state index in [1.807, 2.05) is 0 Å². The number of halogens is 2. The number of carboxylic acid groups (broad SMARTS) is 1. The Morgan fingerprint density at radius 1 is 1.37 bits per heavy atom. The van der Waals surface area contributed by atoms with Crippen molar-refractivity contribution in [3.05, 3.63) is 33.8 Å². The maximum atomic E-state index is 12.1. The molecule has 0 bridgehead atoms. The number of hydrogen-bond acceptors (Lipinski definition) is 2. The summed E-state index contributed by atoms with van der Waals surface area (Å²) in [6, 6.07) is 4.99. The van der Waals surface area contributed by atoms with Crippen LogP contribution in [0.3, 0.4) is 0 Å². The molecule has 1 N–H and O–H groups in total. The van der Waals surface area contributed by atoms with Gasteiger partial charge in [-0.3, -0.25) is 9.59 Å². The van der Waals surface area contributed by atoms with E-state index in [4.69, 9.17) is 28.3 Å². The van der Waals surface area contributed by atoms with Crippen LogP contribution in [0, 0.1) is 5.92 Å². The number of amides is 1. The zero-order valence-electron chi connectivity index (χ0n) is 10.1. The summed E-state index contributed by atoms with van der Waals surface area (Å²) in [4.78, 5) is 24.5. The van der Waals surface area contributed by atoms with Gasteiger partial charge in [0.05, 0.1) is 12.3 Å². The number of carbonyl (C=O) groups is 2. The van der Waals surface area contributed by atoms with Crippen molar-refractivity contribution in [2.75, 3.05) is 13.1 Å². The lowest BCUT2D eigenvalue weighted by Crippen LogP contribution is -2.31. The Morgan fingerprint density at radius 3 is 2.68 bits per heavy atom. The molecule has 1 fully saturated rings. The van der Waals surface area contributed by atoms with E-state index < -0.39 is 11.9 Å². The predicted molar refractivity (Wildman–Crippen MR) is 72.5 cm³/mol. The number of likely N-dealkylation sites (tertiary alicyclic amines) is 1. The number of rotatable bonds is 3. The Labute approximate surface area is 120 Å². The molecule has 4 nitrogen and oxygen atoms in total. The van der Waals surface area contributed by atoms with E-state index in [2.05, 4.69) is 0 Å². The molecule has 0 spiro atoms. The molecule has 0 aliphatic carbocycles. The fraction of sp³-hybridized carbons (Fsp3) is 0.385. The van der Waals surface area contributed by atoms with E-state index in [1.54, 1.807) is 23.1 Å². The summed E-state index contributed by atoms with van der Waals surface area (Å²) in [6.07, 6.45) is 0.678. The van der Waals surface area contributed by atoms with E-state index in [9.17, 15) is 9.59 Å². The first-order valence-corrected chi connectivity index (χ1v) is 6.67. The quantitative estimate of drug-likeness (QED) is 0.933. The van der Waals surface area contributed by atoms with Crippen molar-refractivity contribution in [1.29, 1.82) is 0 Å². The predicted octanol–water partition coefficient (Wildman–Crippen LogP) is 2.47. The zero-order chi connectivity index (χ0) is 14.0. The van der Waals surface area contributed by atoms with Crippen LogP contribution < -0.4 is 0 Å². The van der Waals surface area contributed by atoms with Crippen LogP contribution in [0.1, 0.15) is 12.0 Å². The van der Waals surface area contributed by atoms with Gasteiger partial charge >= 0.3 is 5.97 Å². The highest BCUT2D eigenvalue weighted by Crippen LogP contribution is 2.23. The van der Waals surface area contributed by atoms with Gasteiger partial charge in [-0.1, -0.05) is 29.3 Å². The third kappa shape index (κ3) is 3.39. The molecule has 0 aromatic heterocycles. The molecule has 1 aliphatic heterocycles. The van der Waals surface area contributed by atoms with Gasteiger partial charge in [0.2, 0.25) is 5.91 Å². The van der Waals surface area contributed by atoms with Crippen molar-refractivity contribution in [3.8, 4) is 0 Å². The van der Waals surface area contributed by atoms with Gasteiger partial charge in [0.1, 0.15) is 0 Å². The molecule has 0 saturated carbocycles. The SMILES string of the molecule is O=C(O)C1CCN(C(=O)Cc2ccc(Cl)cc2Cl)C1. The third-order valence-electron chi connectivity index (χ3n) is 3.25. The van der Waals surface area contributed by atoms with Crippen LogP contribution >= 0.6 is 23.2 Å². The highest BCUT2D eigenvalue weighted by molar-refractivity contribution is 6.35. The lowest BCUT2D eigenvalue weighted by atomic mass is 10.1. The summed E-state index contributed by atoms with van der Waals surface area (Å²) in [5.74, 6) is -1.41. The molecule has 0 radical (unpaired) electrons. The maximum absolute atomic E-state index is 12.1. The fourth-order valence-electron chi connectivity index (χ4n) is 2.13. The molecule has 1 aromatic carbocycles. The Morgan fingerprint density at radius 2 is 2.11 bits per heavy atom. The Balaban J connectivity index is 2.00. The summed E-state index contributed by atoms with van der Waals surface area (Å²) < 4.78 is 0. The largest absolute Gasteiger partial charge is 0.481 e. The minimum atomic E-state index is -0.847. The number of hydrogen-bond donors (Lipinski definition) is 1. The minimum Gasteiger partial charge on any atom is -0.481 e. The normalized spacial score (nSPS) is 18.6.